The molecule has 0 aliphatic carbocycles. The fraction of sp³-hybridized carbons (Fsp3) is 0.750. The van der Waals surface area contributed by atoms with Crippen LogP contribution in [0.1, 0.15) is 32.1 Å². The Morgan fingerprint density at radius 2 is 2.05 bits per heavy atom. The van der Waals surface area contributed by atoms with Crippen molar-refractivity contribution in [1.82, 2.24) is 19.4 Å². The van der Waals surface area contributed by atoms with Crippen molar-refractivity contribution in [2.24, 2.45) is 0 Å². The van der Waals surface area contributed by atoms with E-state index in [1.807, 2.05) is 15.7 Å². The lowest BCUT2D eigenvalue weighted by Gasteiger charge is -2.33. The van der Waals surface area contributed by atoms with Crippen LogP contribution in [0.4, 0.5) is 0 Å². The number of rotatable bonds is 5. The second-order valence-corrected chi connectivity index (χ2v) is 6.43. The normalized spacial score (nSPS) is 26.5. The fourth-order valence-electron chi connectivity index (χ4n) is 3.57. The van der Waals surface area contributed by atoms with Gasteiger partial charge in [0.15, 0.2) is 0 Å². The van der Waals surface area contributed by atoms with E-state index in [0.717, 1.165) is 26.1 Å². The van der Waals surface area contributed by atoms with E-state index in [0.29, 0.717) is 19.5 Å². The third-order valence-corrected chi connectivity index (χ3v) is 4.84. The van der Waals surface area contributed by atoms with Gasteiger partial charge in [-0.3, -0.25) is 9.69 Å². The molecule has 1 N–H and O–H groups in total. The van der Waals surface area contributed by atoms with Crippen LogP contribution in [0, 0.1) is 0 Å². The summed E-state index contributed by atoms with van der Waals surface area (Å²) < 4.78 is 1.99. The lowest BCUT2D eigenvalue weighted by atomic mass is 10.1. The number of amides is 1. The smallest absolute Gasteiger partial charge is 0.222 e. The highest BCUT2D eigenvalue weighted by Gasteiger charge is 2.37. The highest BCUT2D eigenvalue weighted by atomic mass is 16.3. The van der Waals surface area contributed by atoms with Gasteiger partial charge >= 0.3 is 0 Å². The first kappa shape index (κ1) is 15.5. The molecule has 2 aliphatic heterocycles. The van der Waals surface area contributed by atoms with Gasteiger partial charge in [-0.25, -0.2) is 4.98 Å². The molecule has 0 spiro atoms. The lowest BCUT2D eigenvalue weighted by Crippen LogP contribution is -2.46. The monoisotopic (exact) mass is 306 g/mol. The minimum Gasteiger partial charge on any atom is -0.390 e. The summed E-state index contributed by atoms with van der Waals surface area (Å²) in [5.41, 5.74) is 0. The third kappa shape index (κ3) is 3.67. The van der Waals surface area contributed by atoms with Crippen LogP contribution in [0.5, 0.6) is 0 Å². The van der Waals surface area contributed by atoms with Gasteiger partial charge in [-0.05, 0) is 32.4 Å². The van der Waals surface area contributed by atoms with Gasteiger partial charge in [-0.2, -0.15) is 0 Å². The second kappa shape index (κ2) is 7.24. The van der Waals surface area contributed by atoms with Crippen molar-refractivity contribution in [1.29, 1.82) is 0 Å². The first-order valence-electron chi connectivity index (χ1n) is 8.39. The van der Waals surface area contributed by atoms with Gasteiger partial charge in [-0.15, -0.1) is 0 Å². The van der Waals surface area contributed by atoms with Gasteiger partial charge in [-0.1, -0.05) is 6.42 Å². The van der Waals surface area contributed by atoms with E-state index < -0.39 is 6.10 Å². The maximum absolute atomic E-state index is 12.3. The van der Waals surface area contributed by atoms with Gasteiger partial charge in [0.1, 0.15) is 0 Å². The number of β-amino-alcohol motifs (C(OH)–C–C–N with tert-alkyl or cyclic N) is 1. The third-order valence-electron chi connectivity index (χ3n) is 4.84. The van der Waals surface area contributed by atoms with Crippen molar-refractivity contribution >= 4 is 5.91 Å². The predicted octanol–water partition coefficient (Wildman–Crippen LogP) is 0.721. The number of carbonyl (C=O) groups excluding carboxylic acids is 1. The Hall–Kier alpha value is -1.40. The topological polar surface area (TPSA) is 61.6 Å². The molecule has 1 aromatic heterocycles. The number of likely N-dealkylation sites (tertiary alicyclic amines) is 2. The summed E-state index contributed by atoms with van der Waals surface area (Å²) in [5, 5.41) is 10.3. The Morgan fingerprint density at radius 3 is 2.77 bits per heavy atom. The van der Waals surface area contributed by atoms with Crippen LogP contribution in [-0.2, 0) is 11.3 Å². The summed E-state index contributed by atoms with van der Waals surface area (Å²) in [7, 11) is 0. The molecule has 0 aromatic carbocycles. The molecule has 6 nitrogen and oxygen atoms in total. The number of aromatic nitrogens is 2. The molecule has 3 rings (SSSR count). The maximum atomic E-state index is 12.3. The van der Waals surface area contributed by atoms with Crippen molar-refractivity contribution < 1.29 is 9.90 Å². The summed E-state index contributed by atoms with van der Waals surface area (Å²) in [5.74, 6) is 0.165. The van der Waals surface area contributed by atoms with Gasteiger partial charge in [0, 0.05) is 38.4 Å². The largest absolute Gasteiger partial charge is 0.390 e. The molecule has 122 valence electrons. The van der Waals surface area contributed by atoms with E-state index in [2.05, 4.69) is 9.88 Å². The molecule has 0 radical (unpaired) electrons. The molecular formula is C16H26N4O2. The zero-order valence-corrected chi connectivity index (χ0v) is 13.1. The van der Waals surface area contributed by atoms with E-state index in [-0.39, 0.29) is 11.9 Å². The molecule has 1 aromatic rings. The van der Waals surface area contributed by atoms with E-state index in [9.17, 15) is 9.90 Å². The fourth-order valence-corrected chi connectivity index (χ4v) is 3.57. The summed E-state index contributed by atoms with van der Waals surface area (Å²) in [6.45, 7) is 4.11. The number of aliphatic hydroxyl groups is 1. The van der Waals surface area contributed by atoms with Crippen molar-refractivity contribution in [2.45, 2.75) is 50.8 Å². The predicted molar refractivity (Wildman–Crippen MR) is 83.3 cm³/mol. The molecule has 0 unspecified atom stereocenters. The number of aliphatic hydroxyl groups excluding tert-OH is 1. The Bertz CT molecular complexity index is 471. The highest BCUT2D eigenvalue weighted by molar-refractivity contribution is 5.76. The number of imidazole rings is 1. The minimum atomic E-state index is -0.393. The number of nitrogens with zero attached hydrogens (tertiary/aromatic N) is 4. The van der Waals surface area contributed by atoms with Crippen LogP contribution in [0.3, 0.4) is 0 Å². The zero-order chi connectivity index (χ0) is 15.4. The quantitative estimate of drug-likeness (QED) is 0.871. The molecule has 2 atom stereocenters. The van der Waals surface area contributed by atoms with Crippen LogP contribution in [0.25, 0.3) is 0 Å². The van der Waals surface area contributed by atoms with Gasteiger partial charge in [0.2, 0.25) is 5.91 Å². The summed E-state index contributed by atoms with van der Waals surface area (Å²) in [4.78, 5) is 20.5. The molecule has 1 amide bonds. The molecule has 0 bridgehead atoms. The molecule has 2 fully saturated rings. The van der Waals surface area contributed by atoms with Crippen molar-refractivity contribution in [3.63, 3.8) is 0 Å². The average molecular weight is 306 g/mol. The Kier molecular flexibility index (Phi) is 5.10. The second-order valence-electron chi connectivity index (χ2n) is 6.43. The summed E-state index contributed by atoms with van der Waals surface area (Å²) in [6, 6.07) is 0.137. The van der Waals surface area contributed by atoms with Gasteiger partial charge in [0.25, 0.3) is 0 Å². The van der Waals surface area contributed by atoms with Crippen molar-refractivity contribution in [2.75, 3.05) is 26.2 Å². The van der Waals surface area contributed by atoms with Crippen LogP contribution in [0.15, 0.2) is 18.7 Å². The minimum absolute atomic E-state index is 0.137. The molecule has 22 heavy (non-hydrogen) atoms. The summed E-state index contributed by atoms with van der Waals surface area (Å²) >= 11 is 0. The lowest BCUT2D eigenvalue weighted by molar-refractivity contribution is -0.130. The molecule has 2 saturated heterocycles. The van der Waals surface area contributed by atoms with Crippen molar-refractivity contribution in [3.05, 3.63) is 18.7 Å². The number of piperidine rings is 1. The van der Waals surface area contributed by atoms with Crippen LogP contribution in [0.2, 0.25) is 0 Å². The van der Waals surface area contributed by atoms with E-state index >= 15 is 0 Å². The molecule has 2 aliphatic rings. The van der Waals surface area contributed by atoms with Crippen LogP contribution in [-0.4, -0.2) is 68.7 Å². The number of carbonyl (C=O) groups is 1. The van der Waals surface area contributed by atoms with Gasteiger partial charge in [0.05, 0.1) is 18.5 Å². The molecule has 3 heterocycles. The molecule has 6 heteroatoms. The standard InChI is InChI=1S/C16H26N4O2/c21-15-12-20(11-14(15)19-8-2-1-3-9-19)16(22)5-4-7-18-10-6-17-13-18/h6,10,13-15,21H,1-5,7-9,11-12H2/t14-,15-/m0/s1. The SMILES string of the molecule is O=C(CCCn1ccnc1)N1C[C@H](O)[C@@H](N2CCCCC2)C1. The Labute approximate surface area is 131 Å². The first-order valence-corrected chi connectivity index (χ1v) is 8.39. The number of aryl methyl sites for hydroxylation is 1. The zero-order valence-electron chi connectivity index (χ0n) is 13.1. The van der Waals surface area contributed by atoms with Gasteiger partial charge < -0.3 is 14.6 Å². The van der Waals surface area contributed by atoms with E-state index in [1.165, 1.54) is 19.3 Å². The molecule has 0 saturated carbocycles. The number of hydrogen-bond donors (Lipinski definition) is 1. The van der Waals surface area contributed by atoms with Crippen LogP contribution < -0.4 is 0 Å². The average Bonchev–Trinajstić information content (AvgIpc) is 3.17. The van der Waals surface area contributed by atoms with E-state index in [1.54, 1.807) is 12.5 Å². The maximum Gasteiger partial charge on any atom is 0.222 e. The Balaban J connectivity index is 1.45. The highest BCUT2D eigenvalue weighted by Crippen LogP contribution is 2.21. The van der Waals surface area contributed by atoms with Crippen molar-refractivity contribution in [3.8, 4) is 0 Å². The van der Waals surface area contributed by atoms with Crippen LogP contribution >= 0.6 is 0 Å². The first-order chi connectivity index (χ1) is 10.7. The Morgan fingerprint density at radius 1 is 1.23 bits per heavy atom. The summed E-state index contributed by atoms with van der Waals surface area (Å²) in [6.07, 6.45) is 10.1. The molecular weight excluding hydrogens is 280 g/mol. The number of hydrogen-bond acceptors (Lipinski definition) is 4. The van der Waals surface area contributed by atoms with E-state index in [4.69, 9.17) is 0 Å².